The Kier molecular flexibility index (Phi) is 4.89. The summed E-state index contributed by atoms with van der Waals surface area (Å²) < 4.78 is 5.51. The molecule has 3 rings (SSSR count). The van der Waals surface area contributed by atoms with Gasteiger partial charge >= 0.3 is 6.09 Å². The number of hydrogen-bond acceptors (Lipinski definition) is 6. The van der Waals surface area contributed by atoms with E-state index in [9.17, 15) is 4.79 Å². The van der Waals surface area contributed by atoms with Crippen LogP contribution in [0.15, 0.2) is 17.8 Å². The Morgan fingerprint density at radius 2 is 2.21 bits per heavy atom. The molecule has 2 aromatic heterocycles. The molecule has 7 heteroatoms. The standard InChI is InChI=1S/C17H24N4O2S/c1-17(2,3)23-16(22)21(12-5-6-12)9-4-8-18-14-13-7-10-24-15(13)20-11-19-14/h7,10-12H,4-6,8-9H2,1-3H3,(H,18,19,20). The van der Waals surface area contributed by atoms with Crippen molar-refractivity contribution < 1.29 is 9.53 Å². The molecule has 1 N–H and O–H groups in total. The van der Waals surface area contributed by atoms with Gasteiger partial charge in [0.2, 0.25) is 0 Å². The summed E-state index contributed by atoms with van der Waals surface area (Å²) in [6.45, 7) is 7.16. The third-order valence-electron chi connectivity index (χ3n) is 3.75. The molecule has 24 heavy (non-hydrogen) atoms. The van der Waals surface area contributed by atoms with Gasteiger partial charge in [0.25, 0.3) is 0 Å². The van der Waals surface area contributed by atoms with Gasteiger partial charge in [-0.15, -0.1) is 11.3 Å². The van der Waals surface area contributed by atoms with Crippen LogP contribution in [-0.4, -0.2) is 45.7 Å². The van der Waals surface area contributed by atoms with Gasteiger partial charge in [0, 0.05) is 19.1 Å². The van der Waals surface area contributed by atoms with E-state index in [0.717, 1.165) is 41.8 Å². The summed E-state index contributed by atoms with van der Waals surface area (Å²) in [5.41, 5.74) is -0.450. The highest BCUT2D eigenvalue weighted by Crippen LogP contribution is 2.28. The third-order valence-corrected chi connectivity index (χ3v) is 4.57. The van der Waals surface area contributed by atoms with Gasteiger partial charge in [0.1, 0.15) is 22.6 Å². The molecule has 0 unspecified atom stereocenters. The fraction of sp³-hybridized carbons (Fsp3) is 0.588. The molecule has 1 aliphatic rings. The number of aromatic nitrogens is 2. The van der Waals surface area contributed by atoms with Crippen LogP contribution in [0.4, 0.5) is 10.6 Å². The van der Waals surface area contributed by atoms with Crippen molar-refractivity contribution in [3.63, 3.8) is 0 Å². The van der Waals surface area contributed by atoms with Crippen LogP contribution >= 0.6 is 11.3 Å². The SMILES string of the molecule is CC(C)(C)OC(=O)N(CCCNc1ncnc2sccc12)C1CC1. The van der Waals surface area contributed by atoms with Crippen LogP contribution in [0.25, 0.3) is 10.2 Å². The molecule has 0 aromatic carbocycles. The van der Waals surface area contributed by atoms with Gasteiger partial charge in [0.15, 0.2) is 0 Å². The minimum atomic E-state index is -0.450. The monoisotopic (exact) mass is 348 g/mol. The lowest BCUT2D eigenvalue weighted by Crippen LogP contribution is -2.39. The van der Waals surface area contributed by atoms with Crippen LogP contribution in [0, 0.1) is 0 Å². The lowest BCUT2D eigenvalue weighted by atomic mass is 10.2. The first-order valence-corrected chi connectivity index (χ1v) is 9.24. The van der Waals surface area contributed by atoms with Crippen molar-refractivity contribution in [3.8, 4) is 0 Å². The average molecular weight is 348 g/mol. The molecular weight excluding hydrogens is 324 g/mol. The molecule has 2 aromatic rings. The van der Waals surface area contributed by atoms with Crippen molar-refractivity contribution in [1.82, 2.24) is 14.9 Å². The van der Waals surface area contributed by atoms with Crippen molar-refractivity contribution in [2.24, 2.45) is 0 Å². The maximum atomic E-state index is 12.3. The van der Waals surface area contributed by atoms with Crippen LogP contribution in [0.3, 0.4) is 0 Å². The molecule has 2 heterocycles. The summed E-state index contributed by atoms with van der Waals surface area (Å²) in [5, 5.41) is 6.42. The number of hydrogen-bond donors (Lipinski definition) is 1. The lowest BCUT2D eigenvalue weighted by molar-refractivity contribution is 0.0233. The Morgan fingerprint density at radius 1 is 1.42 bits per heavy atom. The van der Waals surface area contributed by atoms with Gasteiger partial charge in [-0.05, 0) is 51.5 Å². The van der Waals surface area contributed by atoms with Gasteiger partial charge in [-0.1, -0.05) is 0 Å². The molecule has 0 saturated heterocycles. The van der Waals surface area contributed by atoms with Crippen molar-refractivity contribution >= 4 is 33.5 Å². The number of amides is 1. The molecule has 0 spiro atoms. The zero-order valence-electron chi connectivity index (χ0n) is 14.4. The second-order valence-electron chi connectivity index (χ2n) is 7.05. The Labute approximate surface area is 146 Å². The molecule has 0 bridgehead atoms. The van der Waals surface area contributed by atoms with Crippen LogP contribution in [-0.2, 0) is 4.74 Å². The summed E-state index contributed by atoms with van der Waals surface area (Å²) in [6.07, 6.45) is 4.39. The van der Waals surface area contributed by atoms with Crippen LogP contribution in [0.5, 0.6) is 0 Å². The topological polar surface area (TPSA) is 67.3 Å². The first kappa shape index (κ1) is 17.0. The number of anilines is 1. The molecule has 1 fully saturated rings. The quantitative estimate of drug-likeness (QED) is 0.802. The lowest BCUT2D eigenvalue weighted by Gasteiger charge is -2.27. The summed E-state index contributed by atoms with van der Waals surface area (Å²) >= 11 is 1.61. The smallest absolute Gasteiger partial charge is 0.410 e. The Bertz CT molecular complexity index is 706. The van der Waals surface area contributed by atoms with Gasteiger partial charge in [0.05, 0.1) is 5.39 Å². The van der Waals surface area contributed by atoms with Gasteiger partial charge in [-0.25, -0.2) is 14.8 Å². The molecule has 0 aliphatic heterocycles. The van der Waals surface area contributed by atoms with Crippen LogP contribution in [0.1, 0.15) is 40.0 Å². The summed E-state index contributed by atoms with van der Waals surface area (Å²) in [4.78, 5) is 23.7. The van der Waals surface area contributed by atoms with E-state index in [4.69, 9.17) is 4.74 Å². The van der Waals surface area contributed by atoms with Gasteiger partial charge < -0.3 is 15.0 Å². The average Bonchev–Trinajstić information content (AvgIpc) is 3.21. The van der Waals surface area contributed by atoms with Gasteiger partial charge in [-0.2, -0.15) is 0 Å². The number of rotatable bonds is 6. The summed E-state index contributed by atoms with van der Waals surface area (Å²) in [6, 6.07) is 2.38. The zero-order valence-corrected chi connectivity index (χ0v) is 15.2. The molecule has 130 valence electrons. The van der Waals surface area contributed by atoms with Crippen LogP contribution < -0.4 is 5.32 Å². The number of thiophene rings is 1. The highest BCUT2D eigenvalue weighted by molar-refractivity contribution is 7.16. The zero-order chi connectivity index (χ0) is 17.2. The first-order valence-electron chi connectivity index (χ1n) is 8.36. The second-order valence-corrected chi connectivity index (χ2v) is 7.94. The molecule has 1 aliphatic carbocycles. The fourth-order valence-corrected chi connectivity index (χ4v) is 3.25. The van der Waals surface area contributed by atoms with E-state index in [2.05, 4.69) is 15.3 Å². The first-order chi connectivity index (χ1) is 11.4. The van der Waals surface area contributed by atoms with E-state index in [1.807, 2.05) is 37.1 Å². The second kappa shape index (κ2) is 6.93. The number of carbonyl (C=O) groups is 1. The molecule has 1 amide bonds. The number of carbonyl (C=O) groups excluding carboxylic acids is 1. The largest absolute Gasteiger partial charge is 0.444 e. The normalized spacial score (nSPS) is 14.6. The van der Waals surface area contributed by atoms with E-state index >= 15 is 0 Å². The Balaban J connectivity index is 1.51. The Hall–Kier alpha value is -1.89. The van der Waals surface area contributed by atoms with E-state index in [1.165, 1.54) is 0 Å². The third kappa shape index (κ3) is 4.35. The molecule has 6 nitrogen and oxygen atoms in total. The number of fused-ring (bicyclic) bond motifs is 1. The van der Waals surface area contributed by atoms with Crippen molar-refractivity contribution in [2.75, 3.05) is 18.4 Å². The van der Waals surface area contributed by atoms with Gasteiger partial charge in [-0.3, -0.25) is 0 Å². The molecular formula is C17H24N4O2S. The predicted octanol–water partition coefficient (Wildman–Crippen LogP) is 3.89. The predicted molar refractivity (Wildman–Crippen MR) is 96.5 cm³/mol. The number of nitrogens with one attached hydrogen (secondary N) is 1. The van der Waals surface area contributed by atoms with Crippen molar-refractivity contribution in [3.05, 3.63) is 17.8 Å². The minimum absolute atomic E-state index is 0.202. The van der Waals surface area contributed by atoms with Crippen molar-refractivity contribution in [2.45, 2.75) is 51.7 Å². The van der Waals surface area contributed by atoms with Crippen LogP contribution in [0.2, 0.25) is 0 Å². The highest BCUT2D eigenvalue weighted by atomic mass is 32.1. The number of ether oxygens (including phenoxy) is 1. The Morgan fingerprint density at radius 3 is 2.92 bits per heavy atom. The minimum Gasteiger partial charge on any atom is -0.444 e. The fourth-order valence-electron chi connectivity index (χ4n) is 2.52. The van der Waals surface area contributed by atoms with E-state index < -0.39 is 5.60 Å². The maximum absolute atomic E-state index is 12.3. The van der Waals surface area contributed by atoms with E-state index in [1.54, 1.807) is 17.7 Å². The van der Waals surface area contributed by atoms with E-state index in [0.29, 0.717) is 12.6 Å². The summed E-state index contributed by atoms with van der Waals surface area (Å²) in [7, 11) is 0. The molecule has 1 saturated carbocycles. The molecule has 0 atom stereocenters. The molecule has 0 radical (unpaired) electrons. The van der Waals surface area contributed by atoms with E-state index in [-0.39, 0.29) is 6.09 Å². The maximum Gasteiger partial charge on any atom is 0.410 e. The number of nitrogens with zero attached hydrogens (tertiary/aromatic N) is 3. The highest BCUT2D eigenvalue weighted by Gasteiger charge is 2.34. The van der Waals surface area contributed by atoms with Crippen molar-refractivity contribution in [1.29, 1.82) is 0 Å². The summed E-state index contributed by atoms with van der Waals surface area (Å²) in [5.74, 6) is 0.858.